The van der Waals surface area contributed by atoms with E-state index in [9.17, 15) is 4.79 Å². The average molecular weight is 211 g/mol. The van der Waals surface area contributed by atoms with E-state index >= 15 is 0 Å². The number of hydrogen-bond acceptors (Lipinski definition) is 3. The molecule has 0 aromatic carbocycles. The molecule has 0 radical (unpaired) electrons. The maximum absolute atomic E-state index is 11.9. The zero-order valence-corrected chi connectivity index (χ0v) is 9.77. The van der Waals surface area contributed by atoms with Crippen molar-refractivity contribution in [3.8, 4) is 0 Å². The van der Waals surface area contributed by atoms with Gasteiger partial charge >= 0.3 is 5.97 Å². The largest absolute Gasteiger partial charge is 0.462 e. The van der Waals surface area contributed by atoms with Crippen LogP contribution in [0.5, 0.6) is 0 Å². The molecule has 1 aliphatic heterocycles. The summed E-state index contributed by atoms with van der Waals surface area (Å²) in [5.41, 5.74) is -0.448. The molecule has 1 N–H and O–H groups in total. The lowest BCUT2D eigenvalue weighted by Crippen LogP contribution is -2.66. The Morgan fingerprint density at radius 2 is 1.73 bits per heavy atom. The van der Waals surface area contributed by atoms with Gasteiger partial charge in [-0.1, -0.05) is 25.7 Å². The van der Waals surface area contributed by atoms with Gasteiger partial charge < -0.3 is 4.74 Å². The van der Waals surface area contributed by atoms with Crippen molar-refractivity contribution in [3.63, 3.8) is 0 Å². The Kier molecular flexibility index (Phi) is 2.75. The zero-order chi connectivity index (χ0) is 10.9. The van der Waals surface area contributed by atoms with Crippen LogP contribution >= 0.6 is 0 Å². The van der Waals surface area contributed by atoms with Crippen molar-refractivity contribution in [1.29, 1.82) is 0 Å². The molecule has 2 fully saturated rings. The first kappa shape index (κ1) is 10.9. The Morgan fingerprint density at radius 3 is 2.33 bits per heavy atom. The van der Waals surface area contributed by atoms with Crippen LogP contribution in [0.1, 0.15) is 52.4 Å². The fourth-order valence-electron chi connectivity index (χ4n) is 2.78. The smallest absolute Gasteiger partial charge is 0.326 e. The van der Waals surface area contributed by atoms with E-state index in [0.717, 1.165) is 25.7 Å². The molecule has 2 aliphatic rings. The van der Waals surface area contributed by atoms with E-state index in [4.69, 9.17) is 4.74 Å². The van der Waals surface area contributed by atoms with E-state index in [1.54, 1.807) is 0 Å². The van der Waals surface area contributed by atoms with E-state index in [0.29, 0.717) is 6.61 Å². The van der Waals surface area contributed by atoms with E-state index in [1.807, 2.05) is 0 Å². The number of ether oxygens (including phenoxy) is 1. The lowest BCUT2D eigenvalue weighted by molar-refractivity contribution is -0.163. The Balaban J connectivity index is 2.18. The van der Waals surface area contributed by atoms with Crippen molar-refractivity contribution in [3.05, 3.63) is 0 Å². The molecule has 0 aromatic rings. The molecule has 0 aromatic heterocycles. The number of carbonyl (C=O) groups excluding carboxylic acids is 1. The summed E-state index contributed by atoms with van der Waals surface area (Å²) < 4.78 is 5.34. The van der Waals surface area contributed by atoms with Crippen LogP contribution in [0.3, 0.4) is 0 Å². The summed E-state index contributed by atoms with van der Waals surface area (Å²) in [7, 11) is 0. The third kappa shape index (κ3) is 2.17. The summed E-state index contributed by atoms with van der Waals surface area (Å²) in [4.78, 5) is 11.9. The number of rotatable bonds is 0. The lowest BCUT2D eigenvalue weighted by atomic mass is 9.85. The molecule has 1 saturated heterocycles. The Bertz CT molecular complexity index is 252. The summed E-state index contributed by atoms with van der Waals surface area (Å²) in [5, 5.41) is 3.52. The Hall–Kier alpha value is -0.570. The highest BCUT2D eigenvalue weighted by Crippen LogP contribution is 2.33. The van der Waals surface area contributed by atoms with Gasteiger partial charge in [-0.05, 0) is 26.7 Å². The molecule has 0 amide bonds. The summed E-state index contributed by atoms with van der Waals surface area (Å²) in [5.74, 6) is -0.0243. The first-order valence-corrected chi connectivity index (χ1v) is 6.01. The fourth-order valence-corrected chi connectivity index (χ4v) is 2.78. The first-order chi connectivity index (χ1) is 7.04. The molecule has 86 valence electrons. The lowest BCUT2D eigenvalue weighted by Gasteiger charge is -2.44. The molecule has 0 bridgehead atoms. The van der Waals surface area contributed by atoms with Crippen molar-refractivity contribution in [1.82, 2.24) is 5.32 Å². The predicted molar refractivity (Wildman–Crippen MR) is 58.6 cm³/mol. The number of morpholine rings is 1. The van der Waals surface area contributed by atoms with Crippen molar-refractivity contribution in [2.75, 3.05) is 6.61 Å². The summed E-state index contributed by atoms with van der Waals surface area (Å²) >= 11 is 0. The van der Waals surface area contributed by atoms with Crippen molar-refractivity contribution >= 4 is 5.97 Å². The molecule has 0 unspecified atom stereocenters. The number of esters is 1. The van der Waals surface area contributed by atoms with Crippen LogP contribution in [-0.4, -0.2) is 23.7 Å². The van der Waals surface area contributed by atoms with E-state index in [1.165, 1.54) is 12.8 Å². The van der Waals surface area contributed by atoms with Gasteiger partial charge in [-0.3, -0.25) is 10.1 Å². The van der Waals surface area contributed by atoms with Crippen molar-refractivity contribution in [2.24, 2.45) is 0 Å². The summed E-state index contributed by atoms with van der Waals surface area (Å²) in [6, 6.07) is 0. The highest BCUT2D eigenvalue weighted by atomic mass is 16.5. The first-order valence-electron chi connectivity index (χ1n) is 6.01. The minimum Gasteiger partial charge on any atom is -0.462 e. The molecule has 1 heterocycles. The summed E-state index contributed by atoms with van der Waals surface area (Å²) in [6.07, 6.45) is 6.65. The van der Waals surface area contributed by atoms with Crippen LogP contribution in [0, 0.1) is 0 Å². The second-order valence-electron chi connectivity index (χ2n) is 5.58. The van der Waals surface area contributed by atoms with Gasteiger partial charge in [-0.25, -0.2) is 0 Å². The number of nitrogens with one attached hydrogen (secondary N) is 1. The molecular formula is C12H21NO2. The fraction of sp³-hybridized carbons (Fsp3) is 0.917. The zero-order valence-electron chi connectivity index (χ0n) is 9.77. The highest BCUT2D eigenvalue weighted by molar-refractivity contribution is 5.82. The van der Waals surface area contributed by atoms with Crippen LogP contribution in [0.15, 0.2) is 0 Å². The monoisotopic (exact) mass is 211 g/mol. The van der Waals surface area contributed by atoms with Gasteiger partial charge in [0.1, 0.15) is 12.1 Å². The van der Waals surface area contributed by atoms with E-state index < -0.39 is 0 Å². The quantitative estimate of drug-likeness (QED) is 0.623. The number of cyclic esters (lactones) is 1. The van der Waals surface area contributed by atoms with Gasteiger partial charge in [0.05, 0.1) is 0 Å². The van der Waals surface area contributed by atoms with Gasteiger partial charge in [0, 0.05) is 5.54 Å². The minimum atomic E-state index is -0.377. The van der Waals surface area contributed by atoms with Crippen LogP contribution < -0.4 is 5.32 Å². The van der Waals surface area contributed by atoms with Gasteiger partial charge in [0.2, 0.25) is 0 Å². The maximum Gasteiger partial charge on any atom is 0.326 e. The molecule has 0 atom stereocenters. The molecule has 1 spiro atoms. The predicted octanol–water partition coefficient (Wildman–Crippen LogP) is 2.00. The third-order valence-corrected chi connectivity index (χ3v) is 3.49. The summed E-state index contributed by atoms with van der Waals surface area (Å²) in [6.45, 7) is 4.70. The van der Waals surface area contributed by atoms with Crippen LogP contribution in [0.4, 0.5) is 0 Å². The van der Waals surface area contributed by atoms with Gasteiger partial charge in [-0.15, -0.1) is 0 Å². The van der Waals surface area contributed by atoms with Gasteiger partial charge in [0.15, 0.2) is 0 Å². The van der Waals surface area contributed by atoms with Gasteiger partial charge in [-0.2, -0.15) is 0 Å². The molecule has 1 aliphatic carbocycles. The Labute approximate surface area is 91.6 Å². The van der Waals surface area contributed by atoms with E-state index in [2.05, 4.69) is 19.2 Å². The van der Waals surface area contributed by atoms with Crippen LogP contribution in [0.2, 0.25) is 0 Å². The average Bonchev–Trinajstić information content (AvgIpc) is 2.38. The molecular weight excluding hydrogens is 190 g/mol. The molecule has 3 heteroatoms. The second kappa shape index (κ2) is 3.78. The van der Waals surface area contributed by atoms with Crippen LogP contribution in [0.25, 0.3) is 0 Å². The van der Waals surface area contributed by atoms with Crippen molar-refractivity contribution < 1.29 is 9.53 Å². The maximum atomic E-state index is 11.9. The number of hydrogen-bond donors (Lipinski definition) is 1. The number of carbonyl (C=O) groups is 1. The van der Waals surface area contributed by atoms with E-state index in [-0.39, 0.29) is 17.0 Å². The molecule has 1 saturated carbocycles. The second-order valence-corrected chi connectivity index (χ2v) is 5.58. The topological polar surface area (TPSA) is 38.3 Å². The Morgan fingerprint density at radius 1 is 1.13 bits per heavy atom. The SMILES string of the molecule is CC1(C)COC(=O)C2(CCCCCC2)N1. The van der Waals surface area contributed by atoms with Crippen molar-refractivity contribution in [2.45, 2.75) is 63.5 Å². The van der Waals surface area contributed by atoms with Crippen LogP contribution in [-0.2, 0) is 9.53 Å². The third-order valence-electron chi connectivity index (χ3n) is 3.49. The standard InChI is InChI=1S/C12H21NO2/c1-11(2)9-15-10(14)12(13-11)7-5-3-4-6-8-12/h13H,3-9H2,1-2H3. The molecule has 3 nitrogen and oxygen atoms in total. The normalized spacial score (nSPS) is 29.6. The minimum absolute atomic E-state index is 0.0243. The van der Waals surface area contributed by atoms with Gasteiger partial charge in [0.25, 0.3) is 0 Å². The molecule has 15 heavy (non-hydrogen) atoms. The highest BCUT2D eigenvalue weighted by Gasteiger charge is 2.47. The molecule has 2 rings (SSSR count).